The maximum Gasteiger partial charge on any atom is 0.118 e. The Morgan fingerprint density at radius 3 is 2.52 bits per heavy atom. The quantitative estimate of drug-likeness (QED) is 0.775. The Morgan fingerprint density at radius 1 is 1.14 bits per heavy atom. The lowest BCUT2D eigenvalue weighted by molar-refractivity contribution is 0.414. The standard InChI is InChI=1S/C18H22BrNO/c1-13-4-9-16(19)12-18(13)20-14(2)5-6-15-7-10-17(21-3)11-8-15/h4,7-12,14,20H,5-6H2,1-3H3. The molecule has 1 N–H and O–H groups in total. The fourth-order valence-electron chi connectivity index (χ4n) is 2.26. The third kappa shape index (κ3) is 4.78. The van der Waals surface area contributed by atoms with E-state index in [1.54, 1.807) is 7.11 Å². The molecule has 0 aliphatic rings. The first-order chi connectivity index (χ1) is 10.1. The van der Waals surface area contributed by atoms with E-state index in [0.29, 0.717) is 6.04 Å². The topological polar surface area (TPSA) is 21.3 Å². The van der Waals surface area contributed by atoms with E-state index in [1.807, 2.05) is 12.1 Å². The average molecular weight is 348 g/mol. The Balaban J connectivity index is 1.89. The number of hydrogen-bond acceptors (Lipinski definition) is 2. The van der Waals surface area contributed by atoms with Gasteiger partial charge in [-0.3, -0.25) is 0 Å². The molecule has 0 aliphatic heterocycles. The van der Waals surface area contributed by atoms with Crippen LogP contribution in [0.4, 0.5) is 5.69 Å². The van der Waals surface area contributed by atoms with Gasteiger partial charge in [-0.05, 0) is 62.1 Å². The van der Waals surface area contributed by atoms with Crippen molar-refractivity contribution < 1.29 is 4.74 Å². The summed E-state index contributed by atoms with van der Waals surface area (Å²) in [4.78, 5) is 0. The Kier molecular flexibility index (Phi) is 5.68. The predicted molar refractivity (Wildman–Crippen MR) is 93.3 cm³/mol. The third-order valence-corrected chi connectivity index (χ3v) is 4.12. The predicted octanol–water partition coefficient (Wildman–Crippen LogP) is 5.20. The minimum atomic E-state index is 0.431. The first-order valence-electron chi connectivity index (χ1n) is 7.24. The average Bonchev–Trinajstić information content (AvgIpc) is 2.49. The lowest BCUT2D eigenvalue weighted by Crippen LogP contribution is -2.16. The Hall–Kier alpha value is -1.48. The van der Waals surface area contributed by atoms with Gasteiger partial charge >= 0.3 is 0 Å². The second-order valence-electron chi connectivity index (χ2n) is 5.39. The zero-order chi connectivity index (χ0) is 15.2. The van der Waals surface area contributed by atoms with Crippen molar-refractivity contribution in [2.24, 2.45) is 0 Å². The molecule has 2 aromatic rings. The summed E-state index contributed by atoms with van der Waals surface area (Å²) in [6.07, 6.45) is 2.16. The van der Waals surface area contributed by atoms with Gasteiger partial charge in [0.2, 0.25) is 0 Å². The van der Waals surface area contributed by atoms with Crippen LogP contribution in [0.15, 0.2) is 46.9 Å². The molecule has 21 heavy (non-hydrogen) atoms. The van der Waals surface area contributed by atoms with Crippen LogP contribution in [0.25, 0.3) is 0 Å². The molecule has 0 amide bonds. The number of aryl methyl sites for hydroxylation is 2. The highest BCUT2D eigenvalue weighted by molar-refractivity contribution is 9.10. The number of halogens is 1. The summed E-state index contributed by atoms with van der Waals surface area (Å²) in [5, 5.41) is 3.59. The van der Waals surface area contributed by atoms with E-state index in [9.17, 15) is 0 Å². The Morgan fingerprint density at radius 2 is 1.86 bits per heavy atom. The van der Waals surface area contributed by atoms with E-state index in [-0.39, 0.29) is 0 Å². The maximum atomic E-state index is 5.18. The summed E-state index contributed by atoms with van der Waals surface area (Å²) in [6, 6.07) is 15.1. The zero-order valence-electron chi connectivity index (χ0n) is 12.8. The fraction of sp³-hybridized carbons (Fsp3) is 0.333. The molecule has 1 atom stereocenters. The normalized spacial score (nSPS) is 12.0. The van der Waals surface area contributed by atoms with E-state index in [1.165, 1.54) is 16.8 Å². The third-order valence-electron chi connectivity index (χ3n) is 3.63. The van der Waals surface area contributed by atoms with Crippen LogP contribution in [0.3, 0.4) is 0 Å². The Labute approximate surface area is 135 Å². The van der Waals surface area contributed by atoms with Gasteiger partial charge in [-0.25, -0.2) is 0 Å². The highest BCUT2D eigenvalue weighted by Crippen LogP contribution is 2.22. The maximum absolute atomic E-state index is 5.18. The van der Waals surface area contributed by atoms with Crippen molar-refractivity contribution in [3.05, 3.63) is 58.1 Å². The molecule has 0 spiro atoms. The summed E-state index contributed by atoms with van der Waals surface area (Å²) in [5.41, 5.74) is 3.82. The number of anilines is 1. The molecular weight excluding hydrogens is 326 g/mol. The van der Waals surface area contributed by atoms with E-state index in [0.717, 1.165) is 23.1 Å². The number of ether oxygens (including phenoxy) is 1. The fourth-order valence-corrected chi connectivity index (χ4v) is 2.62. The van der Waals surface area contributed by atoms with Gasteiger partial charge in [0.05, 0.1) is 7.11 Å². The van der Waals surface area contributed by atoms with E-state index < -0.39 is 0 Å². The van der Waals surface area contributed by atoms with Crippen LogP contribution >= 0.6 is 15.9 Å². The molecule has 3 heteroatoms. The minimum absolute atomic E-state index is 0.431. The van der Waals surface area contributed by atoms with Crippen molar-refractivity contribution in [2.75, 3.05) is 12.4 Å². The second kappa shape index (κ2) is 7.51. The molecule has 112 valence electrons. The number of rotatable bonds is 6. The van der Waals surface area contributed by atoms with Crippen LogP contribution < -0.4 is 10.1 Å². The number of benzene rings is 2. The summed E-state index contributed by atoms with van der Waals surface area (Å²) in [5.74, 6) is 0.912. The Bertz CT molecular complexity index is 580. The number of nitrogens with one attached hydrogen (secondary N) is 1. The van der Waals surface area contributed by atoms with Crippen molar-refractivity contribution in [2.45, 2.75) is 32.7 Å². The molecule has 0 aliphatic carbocycles. The number of hydrogen-bond donors (Lipinski definition) is 1. The molecule has 0 aromatic heterocycles. The molecule has 0 radical (unpaired) electrons. The summed E-state index contributed by atoms with van der Waals surface area (Å²) in [6.45, 7) is 4.36. The lowest BCUT2D eigenvalue weighted by Gasteiger charge is -2.17. The smallest absolute Gasteiger partial charge is 0.118 e. The summed E-state index contributed by atoms with van der Waals surface area (Å²) < 4.78 is 6.29. The van der Waals surface area contributed by atoms with Crippen LogP contribution in [0.2, 0.25) is 0 Å². The first-order valence-corrected chi connectivity index (χ1v) is 8.03. The largest absolute Gasteiger partial charge is 0.497 e. The van der Waals surface area contributed by atoms with Crippen molar-refractivity contribution in [1.82, 2.24) is 0 Å². The van der Waals surface area contributed by atoms with Crippen LogP contribution in [-0.4, -0.2) is 13.2 Å². The van der Waals surface area contributed by atoms with Gasteiger partial charge in [-0.1, -0.05) is 34.1 Å². The molecule has 0 fully saturated rings. The molecular formula is C18H22BrNO. The van der Waals surface area contributed by atoms with Gasteiger partial charge in [0.1, 0.15) is 5.75 Å². The van der Waals surface area contributed by atoms with Crippen molar-refractivity contribution in [1.29, 1.82) is 0 Å². The molecule has 0 heterocycles. The van der Waals surface area contributed by atoms with Crippen LogP contribution in [0, 0.1) is 6.92 Å². The first kappa shape index (κ1) is 15.9. The van der Waals surface area contributed by atoms with Crippen molar-refractivity contribution in [3.8, 4) is 5.75 Å². The monoisotopic (exact) mass is 347 g/mol. The minimum Gasteiger partial charge on any atom is -0.497 e. The highest BCUT2D eigenvalue weighted by atomic mass is 79.9. The van der Waals surface area contributed by atoms with Crippen molar-refractivity contribution in [3.63, 3.8) is 0 Å². The van der Waals surface area contributed by atoms with Gasteiger partial charge in [-0.15, -0.1) is 0 Å². The van der Waals surface area contributed by atoms with Gasteiger partial charge in [0.15, 0.2) is 0 Å². The van der Waals surface area contributed by atoms with E-state index in [2.05, 4.69) is 65.4 Å². The number of methoxy groups -OCH3 is 1. The molecule has 0 saturated heterocycles. The van der Waals surface area contributed by atoms with Crippen molar-refractivity contribution >= 4 is 21.6 Å². The van der Waals surface area contributed by atoms with E-state index >= 15 is 0 Å². The molecule has 2 nitrogen and oxygen atoms in total. The molecule has 2 aromatic carbocycles. The lowest BCUT2D eigenvalue weighted by atomic mass is 10.1. The highest BCUT2D eigenvalue weighted by Gasteiger charge is 2.05. The second-order valence-corrected chi connectivity index (χ2v) is 6.31. The van der Waals surface area contributed by atoms with Crippen LogP contribution in [0.1, 0.15) is 24.5 Å². The SMILES string of the molecule is COc1ccc(CCC(C)Nc2cc(Br)ccc2C)cc1. The zero-order valence-corrected chi connectivity index (χ0v) is 14.4. The van der Waals surface area contributed by atoms with Crippen LogP contribution in [0.5, 0.6) is 5.75 Å². The van der Waals surface area contributed by atoms with Gasteiger partial charge < -0.3 is 10.1 Å². The van der Waals surface area contributed by atoms with Crippen LogP contribution in [-0.2, 0) is 6.42 Å². The summed E-state index contributed by atoms with van der Waals surface area (Å²) in [7, 11) is 1.70. The molecule has 1 unspecified atom stereocenters. The summed E-state index contributed by atoms with van der Waals surface area (Å²) >= 11 is 3.52. The van der Waals surface area contributed by atoms with Gasteiger partial charge in [0.25, 0.3) is 0 Å². The molecule has 2 rings (SSSR count). The molecule has 0 bridgehead atoms. The van der Waals surface area contributed by atoms with Gasteiger partial charge in [-0.2, -0.15) is 0 Å². The molecule has 0 saturated carbocycles. The van der Waals surface area contributed by atoms with E-state index in [4.69, 9.17) is 4.74 Å². The van der Waals surface area contributed by atoms with Gasteiger partial charge in [0, 0.05) is 16.2 Å².